The van der Waals surface area contributed by atoms with Crippen molar-refractivity contribution in [2.75, 3.05) is 23.3 Å². The van der Waals surface area contributed by atoms with Gasteiger partial charge in [0.05, 0.1) is 16.2 Å². The second-order valence-electron chi connectivity index (χ2n) is 8.61. The van der Waals surface area contributed by atoms with Crippen molar-refractivity contribution in [3.63, 3.8) is 0 Å². The Balaban J connectivity index is 1.48. The van der Waals surface area contributed by atoms with Crippen LogP contribution < -0.4 is 15.0 Å². The summed E-state index contributed by atoms with van der Waals surface area (Å²) in [6.45, 7) is 1.39. The highest BCUT2D eigenvalue weighted by molar-refractivity contribution is 6.08. The zero-order valence-corrected chi connectivity index (χ0v) is 19.2. The first-order valence-electron chi connectivity index (χ1n) is 11.4. The molecule has 3 aromatic carbocycles. The molecule has 0 aliphatic carbocycles. The maximum Gasteiger partial charge on any atom is 0.573 e. The molecule has 188 valence electrons. The van der Waals surface area contributed by atoms with Crippen molar-refractivity contribution in [3.05, 3.63) is 94.0 Å². The van der Waals surface area contributed by atoms with E-state index in [1.54, 1.807) is 6.07 Å². The molecule has 0 radical (unpaired) electrons. The van der Waals surface area contributed by atoms with Crippen LogP contribution in [0.4, 0.5) is 30.2 Å². The SMILES string of the molecule is O=C(Nc1ccc(OC(F)(F)F)cc1)c1cc([N+](=O)[O-])ccc1N1CCC(Cc2ccccc2)CC1. The summed E-state index contributed by atoms with van der Waals surface area (Å²) in [7, 11) is 0. The van der Waals surface area contributed by atoms with Gasteiger partial charge < -0.3 is 15.0 Å². The van der Waals surface area contributed by atoms with Gasteiger partial charge in [-0.2, -0.15) is 0 Å². The van der Waals surface area contributed by atoms with Crippen LogP contribution in [0.25, 0.3) is 0 Å². The molecule has 7 nitrogen and oxygen atoms in total. The van der Waals surface area contributed by atoms with Crippen LogP contribution in [0, 0.1) is 16.0 Å². The van der Waals surface area contributed by atoms with Gasteiger partial charge in [0.1, 0.15) is 5.75 Å². The minimum absolute atomic E-state index is 0.126. The molecule has 1 N–H and O–H groups in total. The number of amides is 1. The molecular weight excluding hydrogens is 475 g/mol. The lowest BCUT2D eigenvalue weighted by atomic mass is 9.89. The van der Waals surface area contributed by atoms with Crippen LogP contribution in [0.15, 0.2) is 72.8 Å². The van der Waals surface area contributed by atoms with Gasteiger partial charge in [0.15, 0.2) is 0 Å². The van der Waals surface area contributed by atoms with Gasteiger partial charge in [-0.3, -0.25) is 14.9 Å². The van der Waals surface area contributed by atoms with Gasteiger partial charge in [0.25, 0.3) is 11.6 Å². The van der Waals surface area contributed by atoms with Crippen molar-refractivity contribution in [2.45, 2.75) is 25.6 Å². The molecule has 1 fully saturated rings. The number of nitrogens with zero attached hydrogens (tertiary/aromatic N) is 2. The number of nitro benzene ring substituents is 1. The van der Waals surface area contributed by atoms with E-state index in [4.69, 9.17) is 0 Å². The summed E-state index contributed by atoms with van der Waals surface area (Å²) in [6, 6.07) is 19.1. The zero-order valence-electron chi connectivity index (χ0n) is 19.2. The molecule has 0 saturated carbocycles. The number of nitrogens with one attached hydrogen (secondary N) is 1. The second-order valence-corrected chi connectivity index (χ2v) is 8.61. The molecule has 1 aliphatic heterocycles. The zero-order chi connectivity index (χ0) is 25.7. The second kappa shape index (κ2) is 10.7. The third-order valence-electron chi connectivity index (χ3n) is 6.10. The normalized spacial score (nSPS) is 14.4. The Kier molecular flexibility index (Phi) is 7.42. The number of rotatable bonds is 7. The highest BCUT2D eigenvalue weighted by Crippen LogP contribution is 2.31. The predicted octanol–water partition coefficient (Wildman–Crippen LogP) is 6.20. The van der Waals surface area contributed by atoms with Gasteiger partial charge in [-0.25, -0.2) is 0 Å². The fraction of sp³-hybridized carbons (Fsp3) is 0.269. The number of carbonyl (C=O) groups excluding carboxylic acids is 1. The molecule has 1 saturated heterocycles. The third kappa shape index (κ3) is 6.53. The smallest absolute Gasteiger partial charge is 0.406 e. The number of anilines is 2. The van der Waals surface area contributed by atoms with E-state index < -0.39 is 22.9 Å². The Morgan fingerprint density at radius 3 is 2.31 bits per heavy atom. The number of alkyl halides is 3. The van der Waals surface area contributed by atoms with Crippen molar-refractivity contribution in [1.29, 1.82) is 0 Å². The van der Waals surface area contributed by atoms with Crippen molar-refractivity contribution < 1.29 is 27.6 Å². The number of nitro groups is 1. The molecule has 3 aromatic rings. The number of ether oxygens (including phenoxy) is 1. The summed E-state index contributed by atoms with van der Waals surface area (Å²) in [6.07, 6.45) is -2.03. The first-order chi connectivity index (χ1) is 17.2. The highest BCUT2D eigenvalue weighted by atomic mass is 19.4. The van der Waals surface area contributed by atoms with Crippen LogP contribution in [-0.4, -0.2) is 30.3 Å². The van der Waals surface area contributed by atoms with Crippen molar-refractivity contribution in [1.82, 2.24) is 0 Å². The Morgan fingerprint density at radius 2 is 1.69 bits per heavy atom. The summed E-state index contributed by atoms with van der Waals surface area (Å²) in [4.78, 5) is 25.9. The van der Waals surface area contributed by atoms with E-state index in [2.05, 4.69) is 22.2 Å². The van der Waals surface area contributed by atoms with E-state index in [0.717, 1.165) is 31.4 Å². The number of hydrogen-bond acceptors (Lipinski definition) is 5. The summed E-state index contributed by atoms with van der Waals surface area (Å²) >= 11 is 0. The summed E-state index contributed by atoms with van der Waals surface area (Å²) in [5.74, 6) is -0.518. The summed E-state index contributed by atoms with van der Waals surface area (Å²) in [5, 5.41) is 14.0. The van der Waals surface area contributed by atoms with Gasteiger partial charge in [-0.1, -0.05) is 30.3 Å². The number of hydrogen-bond donors (Lipinski definition) is 1. The van der Waals surface area contributed by atoms with E-state index in [0.29, 0.717) is 24.7 Å². The lowest BCUT2D eigenvalue weighted by Gasteiger charge is -2.34. The van der Waals surface area contributed by atoms with Crippen LogP contribution in [0.1, 0.15) is 28.8 Å². The van der Waals surface area contributed by atoms with E-state index in [1.165, 1.54) is 29.8 Å². The van der Waals surface area contributed by atoms with Crippen molar-refractivity contribution in [3.8, 4) is 5.75 Å². The van der Waals surface area contributed by atoms with E-state index in [-0.39, 0.29) is 16.9 Å². The lowest BCUT2D eigenvalue weighted by Crippen LogP contribution is -2.35. The fourth-order valence-electron chi connectivity index (χ4n) is 4.36. The minimum Gasteiger partial charge on any atom is -0.406 e. The van der Waals surface area contributed by atoms with Gasteiger partial charge in [-0.05, 0) is 61.1 Å². The molecule has 0 bridgehead atoms. The number of halogens is 3. The standard InChI is InChI=1S/C26H24F3N3O4/c27-26(28,29)36-22-9-6-20(7-10-22)30-25(33)23-17-21(32(34)35)8-11-24(23)31-14-12-19(13-15-31)16-18-4-2-1-3-5-18/h1-11,17,19H,12-16H2,(H,30,33). The topological polar surface area (TPSA) is 84.7 Å². The van der Waals surface area contributed by atoms with Crippen LogP contribution in [0.5, 0.6) is 5.75 Å². The maximum atomic E-state index is 13.1. The van der Waals surface area contributed by atoms with E-state index in [9.17, 15) is 28.1 Å². The number of benzene rings is 3. The van der Waals surface area contributed by atoms with Gasteiger partial charge in [-0.15, -0.1) is 13.2 Å². The molecule has 0 atom stereocenters. The molecule has 1 aliphatic rings. The van der Waals surface area contributed by atoms with Crippen molar-refractivity contribution in [2.24, 2.45) is 5.92 Å². The average molecular weight is 499 g/mol. The van der Waals surface area contributed by atoms with Gasteiger partial charge >= 0.3 is 6.36 Å². The van der Waals surface area contributed by atoms with Gasteiger partial charge in [0, 0.05) is 30.9 Å². The maximum absolute atomic E-state index is 13.1. The Bertz CT molecular complexity index is 1210. The number of non-ortho nitro benzene ring substituents is 1. The quantitative estimate of drug-likeness (QED) is 0.309. The largest absolute Gasteiger partial charge is 0.573 e. The van der Waals surface area contributed by atoms with Gasteiger partial charge in [0.2, 0.25) is 0 Å². The molecule has 0 aromatic heterocycles. The molecular formula is C26H24F3N3O4. The Labute approximate surface area is 205 Å². The average Bonchev–Trinajstić information content (AvgIpc) is 2.85. The Morgan fingerprint density at radius 1 is 1.03 bits per heavy atom. The number of carbonyl (C=O) groups is 1. The molecule has 4 rings (SSSR count). The highest BCUT2D eigenvalue weighted by Gasteiger charge is 2.31. The van der Waals surface area contributed by atoms with E-state index in [1.807, 2.05) is 23.1 Å². The lowest BCUT2D eigenvalue weighted by molar-refractivity contribution is -0.384. The minimum atomic E-state index is -4.82. The molecule has 1 heterocycles. The van der Waals surface area contributed by atoms with Crippen LogP contribution in [0.3, 0.4) is 0 Å². The first kappa shape index (κ1) is 25.0. The van der Waals surface area contributed by atoms with Crippen LogP contribution >= 0.6 is 0 Å². The first-order valence-corrected chi connectivity index (χ1v) is 11.4. The molecule has 0 unspecified atom stereocenters. The van der Waals surface area contributed by atoms with E-state index >= 15 is 0 Å². The molecule has 36 heavy (non-hydrogen) atoms. The summed E-state index contributed by atoms with van der Waals surface area (Å²) < 4.78 is 41.0. The van der Waals surface area contributed by atoms with Crippen molar-refractivity contribution >= 4 is 23.0 Å². The van der Waals surface area contributed by atoms with Crippen LogP contribution in [0.2, 0.25) is 0 Å². The number of piperidine rings is 1. The monoisotopic (exact) mass is 499 g/mol. The van der Waals surface area contributed by atoms with Crippen LogP contribution in [-0.2, 0) is 6.42 Å². The third-order valence-corrected chi connectivity index (χ3v) is 6.10. The molecule has 0 spiro atoms. The summed E-state index contributed by atoms with van der Waals surface area (Å²) in [5.41, 5.74) is 1.98. The fourth-order valence-corrected chi connectivity index (χ4v) is 4.36. The Hall–Kier alpha value is -4.08. The molecule has 1 amide bonds. The molecule has 10 heteroatoms. The predicted molar refractivity (Wildman–Crippen MR) is 129 cm³/mol.